The van der Waals surface area contributed by atoms with Crippen molar-refractivity contribution in [1.29, 1.82) is 0 Å². The molecule has 3 amide bonds. The Labute approximate surface area is 280 Å². The zero-order valence-electron chi connectivity index (χ0n) is 25.3. The molecule has 246 valence electrons. The van der Waals surface area contributed by atoms with Gasteiger partial charge < -0.3 is 15.0 Å². The number of anilines is 2. The van der Waals surface area contributed by atoms with Crippen LogP contribution in [0.4, 0.5) is 24.5 Å². The lowest BCUT2D eigenvalue weighted by atomic mass is 9.68. The van der Waals surface area contributed by atoms with Crippen molar-refractivity contribution < 1.29 is 32.3 Å². The van der Waals surface area contributed by atoms with Crippen LogP contribution in [0, 0.1) is 36.5 Å². The second-order valence-electron chi connectivity index (χ2n) is 12.8. The summed E-state index contributed by atoms with van der Waals surface area (Å²) >= 11 is 2.62. The smallest absolute Gasteiger partial charge is 0.418 e. The molecule has 4 unspecified atom stereocenters. The predicted molar refractivity (Wildman–Crippen MR) is 174 cm³/mol. The highest BCUT2D eigenvalue weighted by atomic mass is 32.2. The van der Waals surface area contributed by atoms with Gasteiger partial charge in [-0.1, -0.05) is 53.3 Å². The van der Waals surface area contributed by atoms with Crippen LogP contribution in [0.2, 0.25) is 0 Å². The van der Waals surface area contributed by atoms with Crippen molar-refractivity contribution in [2.24, 2.45) is 29.6 Å². The molecule has 48 heavy (non-hydrogen) atoms. The number of aromatic amines is 1. The number of imide groups is 1. The Morgan fingerprint density at radius 3 is 2.35 bits per heavy atom. The lowest BCUT2D eigenvalue weighted by molar-refractivity contribution is -0.137. The van der Waals surface area contributed by atoms with Crippen LogP contribution in [0.1, 0.15) is 33.9 Å². The molecular formula is C35H28F3N3O5S2. The summed E-state index contributed by atoms with van der Waals surface area (Å²) in [7, 11) is 0. The number of hydrogen-bond acceptors (Lipinski definition) is 7. The van der Waals surface area contributed by atoms with Gasteiger partial charge in [0.15, 0.2) is 6.61 Å². The first-order chi connectivity index (χ1) is 23.0. The van der Waals surface area contributed by atoms with E-state index in [1.54, 1.807) is 12.1 Å². The van der Waals surface area contributed by atoms with E-state index in [1.807, 2.05) is 43.3 Å². The van der Waals surface area contributed by atoms with E-state index in [-0.39, 0.29) is 46.3 Å². The Balaban J connectivity index is 1.07. The van der Waals surface area contributed by atoms with Crippen molar-refractivity contribution in [3.63, 3.8) is 0 Å². The number of ether oxygens (including phenoxy) is 1. The maximum Gasteiger partial charge on any atom is 0.418 e. The highest BCUT2D eigenvalue weighted by molar-refractivity contribution is 8.00. The first-order valence-electron chi connectivity index (χ1n) is 15.5. The minimum absolute atomic E-state index is 0.116. The van der Waals surface area contributed by atoms with Gasteiger partial charge in [-0.3, -0.25) is 19.2 Å². The van der Waals surface area contributed by atoms with Crippen molar-refractivity contribution in [1.82, 2.24) is 4.98 Å². The zero-order valence-corrected chi connectivity index (χ0v) is 27.0. The summed E-state index contributed by atoms with van der Waals surface area (Å²) in [5.74, 6) is -3.34. The predicted octanol–water partition coefficient (Wildman–Crippen LogP) is 6.46. The molecule has 4 aliphatic rings. The number of aromatic nitrogens is 1. The van der Waals surface area contributed by atoms with Crippen molar-refractivity contribution in [3.8, 4) is 5.75 Å². The van der Waals surface area contributed by atoms with Crippen LogP contribution in [0.15, 0.2) is 82.6 Å². The first kappa shape index (κ1) is 30.9. The molecule has 2 saturated carbocycles. The van der Waals surface area contributed by atoms with Gasteiger partial charge in [0.05, 0.1) is 28.1 Å². The number of carbonyl (C=O) groups is 3. The van der Waals surface area contributed by atoms with Crippen LogP contribution in [-0.4, -0.2) is 34.6 Å². The maximum absolute atomic E-state index is 14.0. The number of H-pyrrole nitrogens is 1. The molecule has 2 N–H and O–H groups in total. The van der Waals surface area contributed by atoms with E-state index in [4.69, 9.17) is 4.74 Å². The highest BCUT2D eigenvalue weighted by Gasteiger charge is 2.70. The number of halogens is 3. The molecule has 0 spiro atoms. The van der Waals surface area contributed by atoms with Crippen LogP contribution in [-0.2, 0) is 20.6 Å². The molecule has 0 radical (unpaired) electrons. The van der Waals surface area contributed by atoms with Gasteiger partial charge in [-0.25, -0.2) is 4.90 Å². The number of benzene rings is 3. The van der Waals surface area contributed by atoms with Crippen molar-refractivity contribution >= 4 is 52.2 Å². The van der Waals surface area contributed by atoms with Crippen LogP contribution >= 0.6 is 23.1 Å². The average Bonchev–Trinajstić information content (AvgIpc) is 3.80. The molecule has 1 saturated heterocycles. The first-order valence-corrected chi connectivity index (χ1v) is 17.2. The number of amides is 3. The summed E-state index contributed by atoms with van der Waals surface area (Å²) in [6, 6.07) is 19.4. The molecule has 3 heterocycles. The summed E-state index contributed by atoms with van der Waals surface area (Å²) in [4.78, 5) is 57.2. The number of rotatable bonds is 6. The van der Waals surface area contributed by atoms with E-state index in [0.717, 1.165) is 43.3 Å². The molecule has 13 heteroatoms. The van der Waals surface area contributed by atoms with Gasteiger partial charge in [0.2, 0.25) is 11.8 Å². The third-order valence-electron chi connectivity index (χ3n) is 10.1. The number of nitrogens with one attached hydrogen (secondary N) is 2. The molecule has 3 aromatic carbocycles. The summed E-state index contributed by atoms with van der Waals surface area (Å²) < 4.78 is 47.6. The largest absolute Gasteiger partial charge is 0.484 e. The number of fused-ring (bicyclic) bond motifs is 9. The fraction of sp³-hybridized carbons (Fsp3) is 0.314. The SMILES string of the molecule is Cc1ccc(NC(=O)COc2ccc([C@H]3c4sc(=O)[nH]c4SC4C3[C@H]3C[C@@H]4C4C(=O)N(c5ccccc5C(F)(F)F)C(=O)C43)cc2)cc1. The van der Waals surface area contributed by atoms with Crippen LogP contribution in [0.3, 0.4) is 0 Å². The van der Waals surface area contributed by atoms with E-state index in [0.29, 0.717) is 17.9 Å². The van der Waals surface area contributed by atoms with Crippen LogP contribution < -0.4 is 19.8 Å². The minimum atomic E-state index is -4.73. The van der Waals surface area contributed by atoms with E-state index in [2.05, 4.69) is 10.3 Å². The molecule has 4 aromatic rings. The van der Waals surface area contributed by atoms with E-state index < -0.39 is 41.1 Å². The lowest BCUT2D eigenvalue weighted by Gasteiger charge is -2.43. The number of para-hydroxylation sites is 1. The van der Waals surface area contributed by atoms with E-state index in [1.165, 1.54) is 30.0 Å². The molecule has 7 atom stereocenters. The summed E-state index contributed by atoms with van der Waals surface area (Å²) in [6.07, 6.45) is -4.12. The number of aryl methyl sites for hydroxylation is 1. The molecule has 3 fully saturated rings. The van der Waals surface area contributed by atoms with Gasteiger partial charge in [-0.2, -0.15) is 13.2 Å². The average molecular weight is 692 g/mol. The Bertz CT molecular complexity index is 2010. The maximum atomic E-state index is 14.0. The Morgan fingerprint density at radius 1 is 0.958 bits per heavy atom. The summed E-state index contributed by atoms with van der Waals surface area (Å²) in [6.45, 7) is 1.76. The Hall–Kier alpha value is -4.36. The fourth-order valence-corrected chi connectivity index (χ4v) is 11.2. The lowest BCUT2D eigenvalue weighted by Crippen LogP contribution is -2.42. The second kappa shape index (κ2) is 11.4. The number of thiazole rings is 1. The molecular weight excluding hydrogens is 664 g/mol. The van der Waals surface area contributed by atoms with Crippen LogP contribution in [0.25, 0.3) is 0 Å². The quantitative estimate of drug-likeness (QED) is 0.225. The normalized spacial score (nSPS) is 27.1. The van der Waals surface area contributed by atoms with Crippen molar-refractivity contribution in [2.45, 2.75) is 35.7 Å². The van der Waals surface area contributed by atoms with Crippen molar-refractivity contribution in [2.75, 3.05) is 16.8 Å². The van der Waals surface area contributed by atoms with Gasteiger partial charge >= 0.3 is 11.0 Å². The standard InChI is InChI=1S/C35H28F3N3O5S2/c1-16-6-10-18(11-7-16)39-24(42)15-46-19-12-8-17(9-13-19)25-26-20-14-21(29(26)47-31-30(25)48-34(45)40-31)28-27(20)32(43)41(33(28)44)23-5-3-2-4-22(23)35(36,37)38/h2-13,20-21,25-29H,14-15H2,1H3,(H,39,42)(H,40,45)/t20-,21-,25-,26?,27?,28?,29?/m1/s1. The Kier molecular flexibility index (Phi) is 7.33. The van der Waals surface area contributed by atoms with Gasteiger partial charge in [0, 0.05) is 21.7 Å². The van der Waals surface area contributed by atoms with Gasteiger partial charge in [-0.15, -0.1) is 11.8 Å². The molecule has 8 nitrogen and oxygen atoms in total. The third-order valence-corrected chi connectivity index (χ3v) is 12.7. The van der Waals surface area contributed by atoms with Crippen molar-refractivity contribution in [3.05, 3.63) is 104 Å². The second-order valence-corrected chi connectivity index (χ2v) is 15.0. The van der Waals surface area contributed by atoms with Gasteiger partial charge in [0.25, 0.3) is 5.91 Å². The number of nitrogens with zero attached hydrogens (tertiary/aromatic N) is 1. The zero-order chi connectivity index (χ0) is 33.5. The Morgan fingerprint density at radius 2 is 1.65 bits per heavy atom. The number of hydrogen-bond donors (Lipinski definition) is 2. The molecule has 1 aromatic heterocycles. The minimum Gasteiger partial charge on any atom is -0.484 e. The van der Waals surface area contributed by atoms with Gasteiger partial charge in [0.1, 0.15) is 5.75 Å². The molecule has 8 rings (SSSR count). The van der Waals surface area contributed by atoms with Gasteiger partial charge in [-0.05, 0) is 73.1 Å². The summed E-state index contributed by atoms with van der Waals surface area (Å²) in [5, 5.41) is 3.41. The fourth-order valence-electron chi connectivity index (χ4n) is 8.29. The van der Waals surface area contributed by atoms with E-state index in [9.17, 15) is 32.3 Å². The third kappa shape index (κ3) is 4.97. The number of thioether (sulfide) groups is 1. The molecule has 2 aliphatic carbocycles. The topological polar surface area (TPSA) is 109 Å². The highest BCUT2D eigenvalue weighted by Crippen LogP contribution is 2.68. The summed E-state index contributed by atoms with van der Waals surface area (Å²) in [5.41, 5.74) is 1.19. The van der Waals surface area contributed by atoms with E-state index >= 15 is 0 Å². The molecule has 2 bridgehead atoms. The monoisotopic (exact) mass is 691 g/mol. The molecule has 2 aliphatic heterocycles. The number of carbonyl (C=O) groups excluding carboxylic acids is 3. The number of alkyl halides is 3. The van der Waals surface area contributed by atoms with Crippen LogP contribution in [0.5, 0.6) is 5.75 Å².